The monoisotopic (exact) mass is 327 g/mol. The van der Waals surface area contributed by atoms with Gasteiger partial charge in [-0.25, -0.2) is 0 Å². The molecule has 0 spiro atoms. The highest BCUT2D eigenvalue weighted by Gasteiger charge is 2.06. The molecule has 114 valence electrons. The van der Waals surface area contributed by atoms with Crippen LogP contribution in [0.3, 0.4) is 0 Å². The van der Waals surface area contributed by atoms with Crippen molar-refractivity contribution in [2.24, 2.45) is 5.92 Å². The maximum Gasteiger partial charge on any atom is 0.146 e. The van der Waals surface area contributed by atoms with Crippen LogP contribution in [0.2, 0.25) is 10.0 Å². The Morgan fingerprint density at radius 3 is 2.76 bits per heavy atom. The molecule has 3 nitrogen and oxygen atoms in total. The topological polar surface area (TPSA) is 34.4 Å². The number of ether oxygens (including phenoxy) is 1. The van der Waals surface area contributed by atoms with Crippen LogP contribution in [0, 0.1) is 5.92 Å². The number of benzene rings is 1. The van der Waals surface area contributed by atoms with Crippen molar-refractivity contribution in [1.29, 1.82) is 0 Å². The Morgan fingerprint density at radius 2 is 2.05 bits per heavy atom. The van der Waals surface area contributed by atoms with Crippen LogP contribution in [-0.4, -0.2) is 6.54 Å². The van der Waals surface area contributed by atoms with Crippen LogP contribution in [-0.2, 0) is 13.2 Å². The molecule has 21 heavy (non-hydrogen) atoms. The van der Waals surface area contributed by atoms with Gasteiger partial charge in [0, 0.05) is 17.1 Å². The normalized spacial score (nSPS) is 11.1. The fourth-order valence-electron chi connectivity index (χ4n) is 1.84. The smallest absolute Gasteiger partial charge is 0.146 e. The molecule has 1 aromatic heterocycles. The zero-order valence-electron chi connectivity index (χ0n) is 12.2. The highest BCUT2D eigenvalue weighted by Crippen LogP contribution is 2.28. The summed E-state index contributed by atoms with van der Waals surface area (Å²) in [6, 6.07) is 7.13. The molecule has 0 saturated carbocycles. The summed E-state index contributed by atoms with van der Waals surface area (Å²) in [5.74, 6) is 1.99. The Balaban J connectivity index is 1.85. The second-order valence-corrected chi connectivity index (χ2v) is 6.15. The van der Waals surface area contributed by atoms with Gasteiger partial charge < -0.3 is 14.5 Å². The third-order valence-corrected chi connectivity index (χ3v) is 3.38. The molecular formula is C16H19Cl2NO2. The predicted molar refractivity (Wildman–Crippen MR) is 86.0 cm³/mol. The Labute approximate surface area is 135 Å². The second-order valence-electron chi connectivity index (χ2n) is 5.31. The van der Waals surface area contributed by atoms with E-state index in [1.165, 1.54) is 0 Å². The zero-order chi connectivity index (χ0) is 15.2. The molecule has 0 atom stereocenters. The van der Waals surface area contributed by atoms with E-state index < -0.39 is 0 Å². The van der Waals surface area contributed by atoms with Crippen molar-refractivity contribution < 1.29 is 9.15 Å². The lowest BCUT2D eigenvalue weighted by Gasteiger charge is -2.06. The minimum absolute atomic E-state index is 0.339. The van der Waals surface area contributed by atoms with Gasteiger partial charge in [-0.05, 0) is 36.7 Å². The van der Waals surface area contributed by atoms with Crippen LogP contribution in [0.25, 0.3) is 0 Å². The van der Waals surface area contributed by atoms with Gasteiger partial charge in [0.05, 0.1) is 11.3 Å². The van der Waals surface area contributed by atoms with E-state index in [1.807, 2.05) is 6.07 Å². The molecule has 0 aliphatic heterocycles. The number of hydrogen-bond donors (Lipinski definition) is 1. The number of furan rings is 1. The number of nitrogens with one attached hydrogen (secondary N) is 1. The fraction of sp³-hybridized carbons (Fsp3) is 0.375. The standard InChI is InChI=1S/C16H19Cl2NO2/c1-11(2)7-19-8-12-5-14(20-9-12)10-21-16-4-3-13(17)6-15(16)18/h3-6,9,11,19H,7-8,10H2,1-2H3. The summed E-state index contributed by atoms with van der Waals surface area (Å²) < 4.78 is 11.1. The molecule has 1 N–H and O–H groups in total. The molecule has 1 aromatic carbocycles. The highest BCUT2D eigenvalue weighted by atomic mass is 35.5. The molecule has 0 bridgehead atoms. The van der Waals surface area contributed by atoms with Gasteiger partial charge in [0.15, 0.2) is 0 Å². The molecule has 0 aliphatic carbocycles. The average molecular weight is 328 g/mol. The van der Waals surface area contributed by atoms with Gasteiger partial charge in [-0.3, -0.25) is 0 Å². The van der Waals surface area contributed by atoms with Gasteiger partial charge in [-0.2, -0.15) is 0 Å². The van der Waals surface area contributed by atoms with E-state index in [2.05, 4.69) is 19.2 Å². The van der Waals surface area contributed by atoms with Crippen LogP contribution in [0.1, 0.15) is 25.2 Å². The van der Waals surface area contributed by atoms with Crippen LogP contribution >= 0.6 is 23.2 Å². The van der Waals surface area contributed by atoms with Crippen LogP contribution in [0.15, 0.2) is 34.9 Å². The molecule has 0 fully saturated rings. The Hall–Kier alpha value is -1.16. The number of rotatable bonds is 7. The van der Waals surface area contributed by atoms with Crippen molar-refractivity contribution in [3.05, 3.63) is 51.9 Å². The summed E-state index contributed by atoms with van der Waals surface area (Å²) in [5.41, 5.74) is 1.11. The largest absolute Gasteiger partial charge is 0.484 e. The molecule has 2 aromatic rings. The Bertz CT molecular complexity index is 581. The third-order valence-electron chi connectivity index (χ3n) is 2.85. The summed E-state index contributed by atoms with van der Waals surface area (Å²) in [7, 11) is 0. The minimum atomic E-state index is 0.339. The van der Waals surface area contributed by atoms with E-state index in [4.69, 9.17) is 32.4 Å². The van der Waals surface area contributed by atoms with Gasteiger partial charge in [-0.1, -0.05) is 37.0 Å². The summed E-state index contributed by atoms with van der Waals surface area (Å²) in [6.45, 7) is 6.47. The van der Waals surface area contributed by atoms with Crippen LogP contribution in [0.5, 0.6) is 5.75 Å². The maximum atomic E-state index is 6.05. The highest BCUT2D eigenvalue weighted by molar-refractivity contribution is 6.35. The maximum absolute atomic E-state index is 6.05. The number of halogens is 2. The molecule has 0 amide bonds. The predicted octanol–water partition coefficient (Wildman–Crippen LogP) is 4.91. The molecule has 0 aliphatic rings. The van der Waals surface area contributed by atoms with E-state index in [1.54, 1.807) is 24.5 Å². The minimum Gasteiger partial charge on any atom is -0.484 e. The fourth-order valence-corrected chi connectivity index (χ4v) is 2.30. The van der Waals surface area contributed by atoms with Gasteiger partial charge in [0.25, 0.3) is 0 Å². The molecule has 0 unspecified atom stereocenters. The first kappa shape index (κ1) is 16.2. The first-order chi connectivity index (χ1) is 10.0. The second kappa shape index (κ2) is 7.74. The Morgan fingerprint density at radius 1 is 1.24 bits per heavy atom. The van der Waals surface area contributed by atoms with E-state index in [0.717, 1.165) is 24.4 Å². The molecule has 5 heteroatoms. The quantitative estimate of drug-likeness (QED) is 0.784. The lowest BCUT2D eigenvalue weighted by atomic mass is 10.2. The summed E-state index contributed by atoms with van der Waals surface area (Å²) >= 11 is 11.9. The molecule has 1 heterocycles. The SMILES string of the molecule is CC(C)CNCc1coc(COc2ccc(Cl)cc2Cl)c1. The van der Waals surface area contributed by atoms with Crippen molar-refractivity contribution in [3.8, 4) is 5.75 Å². The lowest BCUT2D eigenvalue weighted by molar-refractivity contribution is 0.270. The molecule has 0 radical (unpaired) electrons. The summed E-state index contributed by atoms with van der Waals surface area (Å²) in [6.07, 6.45) is 1.75. The first-order valence-electron chi connectivity index (χ1n) is 6.89. The first-order valence-corrected chi connectivity index (χ1v) is 7.65. The van der Waals surface area contributed by atoms with Crippen molar-refractivity contribution in [2.75, 3.05) is 6.54 Å². The summed E-state index contributed by atoms with van der Waals surface area (Å²) in [5, 5.41) is 4.45. The van der Waals surface area contributed by atoms with E-state index in [0.29, 0.717) is 28.3 Å². The van der Waals surface area contributed by atoms with E-state index in [9.17, 15) is 0 Å². The van der Waals surface area contributed by atoms with Crippen molar-refractivity contribution in [3.63, 3.8) is 0 Å². The Kier molecular flexibility index (Phi) is 5.97. The van der Waals surface area contributed by atoms with Crippen molar-refractivity contribution >= 4 is 23.2 Å². The number of hydrogen-bond acceptors (Lipinski definition) is 3. The molecule has 2 rings (SSSR count). The van der Waals surface area contributed by atoms with E-state index >= 15 is 0 Å². The van der Waals surface area contributed by atoms with Crippen LogP contribution in [0.4, 0.5) is 0 Å². The average Bonchev–Trinajstić information content (AvgIpc) is 2.85. The van der Waals surface area contributed by atoms with Gasteiger partial charge in [0.1, 0.15) is 18.1 Å². The van der Waals surface area contributed by atoms with E-state index in [-0.39, 0.29) is 0 Å². The third kappa shape index (κ3) is 5.27. The lowest BCUT2D eigenvalue weighted by Crippen LogP contribution is -2.18. The van der Waals surface area contributed by atoms with Gasteiger partial charge in [0.2, 0.25) is 0 Å². The van der Waals surface area contributed by atoms with Crippen molar-refractivity contribution in [1.82, 2.24) is 5.32 Å². The molecule has 0 saturated heterocycles. The zero-order valence-corrected chi connectivity index (χ0v) is 13.7. The van der Waals surface area contributed by atoms with Gasteiger partial charge >= 0.3 is 0 Å². The molecular weight excluding hydrogens is 309 g/mol. The van der Waals surface area contributed by atoms with Crippen LogP contribution < -0.4 is 10.1 Å². The van der Waals surface area contributed by atoms with Crippen molar-refractivity contribution in [2.45, 2.75) is 27.0 Å². The van der Waals surface area contributed by atoms with Gasteiger partial charge in [-0.15, -0.1) is 0 Å². The summed E-state index contributed by atoms with van der Waals surface area (Å²) in [4.78, 5) is 0.